The Morgan fingerprint density at radius 3 is 2.90 bits per heavy atom. The molecule has 114 valence electrons. The van der Waals surface area contributed by atoms with Gasteiger partial charge < -0.3 is 10.6 Å². The Balaban J connectivity index is 2.26. The van der Waals surface area contributed by atoms with Crippen molar-refractivity contribution in [3.8, 4) is 0 Å². The number of nitrogen functional groups attached to an aromatic ring is 1. The molecule has 0 bridgehead atoms. The Kier molecular flexibility index (Phi) is 4.40. The van der Waals surface area contributed by atoms with Gasteiger partial charge in [-0.05, 0) is 24.8 Å². The lowest BCUT2D eigenvalue weighted by atomic mass is 10.0. The Morgan fingerprint density at radius 2 is 2.29 bits per heavy atom. The van der Waals surface area contributed by atoms with Crippen molar-refractivity contribution in [2.75, 3.05) is 18.8 Å². The topological polar surface area (TPSA) is 89.5 Å². The normalized spacial score (nSPS) is 18.0. The number of amides is 1. The third-order valence-electron chi connectivity index (χ3n) is 3.82. The Labute approximate surface area is 121 Å². The number of anilines is 1. The molecular weight excluding hydrogens is 277 g/mol. The van der Waals surface area contributed by atoms with Gasteiger partial charge in [0.15, 0.2) is 0 Å². The molecule has 7 heteroatoms. The SMILES string of the molecule is CCCC1CCN(C(=O)c2cc(F)cc([N+](=O)[O-])c2N)C1. The fraction of sp³-hybridized carbons (Fsp3) is 0.500. The van der Waals surface area contributed by atoms with E-state index in [9.17, 15) is 19.3 Å². The highest BCUT2D eigenvalue weighted by atomic mass is 19.1. The lowest BCUT2D eigenvalue weighted by Gasteiger charge is -2.17. The van der Waals surface area contributed by atoms with Gasteiger partial charge in [0.1, 0.15) is 11.5 Å². The second kappa shape index (κ2) is 6.07. The summed E-state index contributed by atoms with van der Waals surface area (Å²) >= 11 is 0. The molecule has 1 aromatic rings. The number of halogens is 1. The molecule has 1 atom stereocenters. The Morgan fingerprint density at radius 1 is 1.57 bits per heavy atom. The van der Waals surface area contributed by atoms with Crippen molar-refractivity contribution in [2.24, 2.45) is 5.92 Å². The van der Waals surface area contributed by atoms with E-state index >= 15 is 0 Å². The third-order valence-corrected chi connectivity index (χ3v) is 3.82. The average molecular weight is 295 g/mol. The summed E-state index contributed by atoms with van der Waals surface area (Å²) in [5.74, 6) is -0.832. The van der Waals surface area contributed by atoms with Crippen LogP contribution in [0.3, 0.4) is 0 Å². The Hall–Kier alpha value is -2.18. The molecular formula is C14H18FN3O3. The molecule has 0 spiro atoms. The molecule has 6 nitrogen and oxygen atoms in total. The van der Waals surface area contributed by atoms with Crippen LogP contribution in [0.2, 0.25) is 0 Å². The first-order valence-electron chi connectivity index (χ1n) is 6.96. The van der Waals surface area contributed by atoms with E-state index in [1.54, 1.807) is 4.90 Å². The molecule has 0 aliphatic carbocycles. The summed E-state index contributed by atoms with van der Waals surface area (Å²) in [4.78, 5) is 24.1. The number of nitrogens with zero attached hydrogens (tertiary/aromatic N) is 2. The molecule has 1 aliphatic heterocycles. The van der Waals surface area contributed by atoms with Crippen LogP contribution in [0.4, 0.5) is 15.8 Å². The van der Waals surface area contributed by atoms with Crippen molar-refractivity contribution >= 4 is 17.3 Å². The van der Waals surface area contributed by atoms with Gasteiger partial charge in [-0.3, -0.25) is 14.9 Å². The van der Waals surface area contributed by atoms with Gasteiger partial charge in [-0.1, -0.05) is 13.3 Å². The van der Waals surface area contributed by atoms with Gasteiger partial charge in [0.05, 0.1) is 16.6 Å². The first-order valence-corrected chi connectivity index (χ1v) is 6.96. The van der Waals surface area contributed by atoms with Crippen LogP contribution in [-0.4, -0.2) is 28.8 Å². The van der Waals surface area contributed by atoms with Crippen molar-refractivity contribution < 1.29 is 14.1 Å². The lowest BCUT2D eigenvalue weighted by Crippen LogP contribution is -2.29. The van der Waals surface area contributed by atoms with Gasteiger partial charge in [0, 0.05) is 13.1 Å². The van der Waals surface area contributed by atoms with E-state index < -0.39 is 22.3 Å². The second-order valence-corrected chi connectivity index (χ2v) is 5.34. The zero-order chi connectivity index (χ0) is 15.6. The second-order valence-electron chi connectivity index (χ2n) is 5.34. The van der Waals surface area contributed by atoms with Gasteiger partial charge in [0.2, 0.25) is 0 Å². The van der Waals surface area contributed by atoms with Crippen molar-refractivity contribution in [1.29, 1.82) is 0 Å². The summed E-state index contributed by atoms with van der Waals surface area (Å²) < 4.78 is 13.5. The van der Waals surface area contributed by atoms with Crippen LogP contribution in [0.5, 0.6) is 0 Å². The summed E-state index contributed by atoms with van der Waals surface area (Å²) in [5.41, 5.74) is 4.69. The van der Waals surface area contributed by atoms with E-state index in [1.165, 1.54) is 0 Å². The average Bonchev–Trinajstić information content (AvgIpc) is 2.89. The van der Waals surface area contributed by atoms with Gasteiger partial charge in [-0.15, -0.1) is 0 Å². The highest BCUT2D eigenvalue weighted by molar-refractivity contribution is 6.01. The number of nitro groups is 1. The predicted molar refractivity (Wildman–Crippen MR) is 76.4 cm³/mol. The first-order chi connectivity index (χ1) is 9.93. The molecule has 1 fully saturated rings. The summed E-state index contributed by atoms with van der Waals surface area (Å²) in [5, 5.41) is 10.8. The van der Waals surface area contributed by atoms with Crippen LogP contribution in [0.25, 0.3) is 0 Å². The molecule has 1 saturated heterocycles. The fourth-order valence-electron chi connectivity index (χ4n) is 2.76. The number of benzene rings is 1. The number of likely N-dealkylation sites (tertiary alicyclic amines) is 1. The quantitative estimate of drug-likeness (QED) is 0.525. The predicted octanol–water partition coefficient (Wildman–Crippen LogP) is 2.58. The van der Waals surface area contributed by atoms with E-state index in [0.717, 1.165) is 31.4 Å². The maximum absolute atomic E-state index is 13.5. The van der Waals surface area contributed by atoms with E-state index in [4.69, 9.17) is 5.73 Å². The zero-order valence-electron chi connectivity index (χ0n) is 11.8. The minimum atomic E-state index is -0.830. The molecule has 2 rings (SSSR count). The van der Waals surface area contributed by atoms with Crippen LogP contribution in [0.15, 0.2) is 12.1 Å². The molecule has 0 saturated carbocycles. The van der Waals surface area contributed by atoms with E-state index in [1.807, 2.05) is 0 Å². The number of nitrogens with two attached hydrogens (primary N) is 1. The molecule has 1 aliphatic rings. The summed E-state index contributed by atoms with van der Waals surface area (Å²) in [6, 6.07) is 1.70. The van der Waals surface area contributed by atoms with Crippen molar-refractivity contribution in [3.63, 3.8) is 0 Å². The number of nitro benzene ring substituents is 1. The minimum Gasteiger partial charge on any atom is -0.393 e. The zero-order valence-corrected chi connectivity index (χ0v) is 11.8. The molecule has 2 N–H and O–H groups in total. The molecule has 21 heavy (non-hydrogen) atoms. The molecule has 1 aromatic carbocycles. The maximum atomic E-state index is 13.5. The minimum absolute atomic E-state index is 0.126. The number of hydrogen-bond donors (Lipinski definition) is 1. The fourth-order valence-corrected chi connectivity index (χ4v) is 2.76. The highest BCUT2D eigenvalue weighted by Gasteiger charge is 2.30. The van der Waals surface area contributed by atoms with Crippen LogP contribution in [-0.2, 0) is 0 Å². The third kappa shape index (κ3) is 3.12. The van der Waals surface area contributed by atoms with E-state index in [0.29, 0.717) is 19.0 Å². The first kappa shape index (κ1) is 15.2. The standard InChI is InChI=1S/C14H18FN3O3/c1-2-3-9-4-5-17(8-9)14(19)11-6-10(15)7-12(13(11)16)18(20)21/h6-7,9H,2-5,8,16H2,1H3. The van der Waals surface area contributed by atoms with Crippen molar-refractivity contribution in [1.82, 2.24) is 4.90 Å². The number of rotatable bonds is 4. The Bertz CT molecular complexity index is 577. The van der Waals surface area contributed by atoms with Gasteiger partial charge in [0.25, 0.3) is 11.6 Å². The molecule has 1 heterocycles. The highest BCUT2D eigenvalue weighted by Crippen LogP contribution is 2.30. The van der Waals surface area contributed by atoms with E-state index in [2.05, 4.69) is 6.92 Å². The lowest BCUT2D eigenvalue weighted by molar-refractivity contribution is -0.384. The van der Waals surface area contributed by atoms with Crippen LogP contribution in [0.1, 0.15) is 36.5 Å². The largest absolute Gasteiger partial charge is 0.393 e. The number of carbonyl (C=O) groups excluding carboxylic acids is 1. The van der Waals surface area contributed by atoms with Gasteiger partial charge >= 0.3 is 0 Å². The molecule has 1 amide bonds. The molecule has 1 unspecified atom stereocenters. The van der Waals surface area contributed by atoms with Crippen molar-refractivity contribution in [2.45, 2.75) is 26.2 Å². The smallest absolute Gasteiger partial charge is 0.295 e. The molecule has 0 radical (unpaired) electrons. The summed E-state index contributed by atoms with van der Waals surface area (Å²) in [6.07, 6.45) is 2.97. The van der Waals surface area contributed by atoms with Gasteiger partial charge in [-0.25, -0.2) is 4.39 Å². The van der Waals surface area contributed by atoms with Crippen LogP contribution < -0.4 is 5.73 Å². The monoisotopic (exact) mass is 295 g/mol. The van der Waals surface area contributed by atoms with Crippen molar-refractivity contribution in [3.05, 3.63) is 33.6 Å². The molecule has 0 aromatic heterocycles. The number of hydrogen-bond acceptors (Lipinski definition) is 4. The van der Waals surface area contributed by atoms with E-state index in [-0.39, 0.29) is 11.3 Å². The summed E-state index contributed by atoms with van der Waals surface area (Å²) in [7, 11) is 0. The number of carbonyl (C=O) groups is 1. The van der Waals surface area contributed by atoms with Crippen LogP contribution in [0, 0.1) is 21.8 Å². The summed E-state index contributed by atoms with van der Waals surface area (Å²) in [6.45, 7) is 3.25. The maximum Gasteiger partial charge on any atom is 0.295 e. The van der Waals surface area contributed by atoms with Crippen LogP contribution >= 0.6 is 0 Å². The van der Waals surface area contributed by atoms with Gasteiger partial charge in [-0.2, -0.15) is 0 Å².